The quantitative estimate of drug-likeness (QED) is 0.160. The van der Waals surface area contributed by atoms with Gasteiger partial charge >= 0.3 is 0 Å². The third-order valence-electron chi connectivity index (χ3n) is 10.9. The molecule has 3 heterocycles. The summed E-state index contributed by atoms with van der Waals surface area (Å²) in [4.78, 5) is 15.3. The van der Waals surface area contributed by atoms with Crippen molar-refractivity contribution in [1.29, 1.82) is 0 Å². The third kappa shape index (κ3) is 5.83. The smallest absolute Gasteiger partial charge is 0.161 e. The van der Waals surface area contributed by atoms with E-state index in [2.05, 4.69) is 152 Å². The Morgan fingerprint density at radius 2 is 0.930 bits per heavy atom. The van der Waals surface area contributed by atoms with Crippen LogP contribution in [0.3, 0.4) is 0 Å². The normalized spacial score (nSPS) is 11.5. The van der Waals surface area contributed by atoms with Gasteiger partial charge in [-0.25, -0.2) is 9.97 Å². The average Bonchev–Trinajstić information content (AvgIpc) is 3.68. The van der Waals surface area contributed by atoms with Crippen LogP contribution in [-0.2, 0) is 0 Å². The van der Waals surface area contributed by atoms with Gasteiger partial charge in [-0.1, -0.05) is 140 Å². The SMILES string of the molecule is c1ccc(-c2cccc(-c3cc(-c4cc(-c5cc6ccccc6c6ccccc56)cc(-c5ccnc6c5oc5ccccc56)c4)nc(-c4ccccc4)n3)c2)cc1. The fraction of sp³-hybridized carbons (Fsp3) is 0. The van der Waals surface area contributed by atoms with Crippen molar-refractivity contribution in [2.24, 2.45) is 0 Å². The molecule has 11 aromatic rings. The van der Waals surface area contributed by atoms with Crippen molar-refractivity contribution in [1.82, 2.24) is 15.0 Å². The predicted octanol–water partition coefficient (Wildman–Crippen LogP) is 14.1. The van der Waals surface area contributed by atoms with Crippen molar-refractivity contribution in [2.45, 2.75) is 0 Å². The molecule has 3 aromatic heterocycles. The largest absolute Gasteiger partial charge is 0.454 e. The molecule has 0 amide bonds. The van der Waals surface area contributed by atoms with E-state index in [0.29, 0.717) is 5.82 Å². The highest BCUT2D eigenvalue weighted by atomic mass is 16.3. The number of hydrogen-bond acceptors (Lipinski definition) is 4. The van der Waals surface area contributed by atoms with Crippen LogP contribution in [0, 0.1) is 0 Å². The van der Waals surface area contributed by atoms with Crippen molar-refractivity contribution in [3.8, 4) is 67.3 Å². The zero-order chi connectivity index (χ0) is 37.7. The molecule has 11 rings (SSSR count). The summed E-state index contributed by atoms with van der Waals surface area (Å²) in [5.41, 5.74) is 13.6. The molecule has 57 heavy (non-hydrogen) atoms. The number of para-hydroxylation sites is 1. The van der Waals surface area contributed by atoms with E-state index in [-0.39, 0.29) is 0 Å². The first kappa shape index (κ1) is 32.7. The Morgan fingerprint density at radius 3 is 1.74 bits per heavy atom. The lowest BCUT2D eigenvalue weighted by atomic mass is 9.90. The van der Waals surface area contributed by atoms with Crippen LogP contribution < -0.4 is 0 Å². The van der Waals surface area contributed by atoms with Crippen LogP contribution in [0.15, 0.2) is 205 Å². The molecule has 0 unspecified atom stereocenters. The molecule has 0 N–H and O–H groups in total. The number of fused-ring (bicyclic) bond motifs is 6. The van der Waals surface area contributed by atoms with Gasteiger partial charge in [0.25, 0.3) is 0 Å². The van der Waals surface area contributed by atoms with E-state index in [1.165, 1.54) is 21.5 Å². The first-order valence-corrected chi connectivity index (χ1v) is 19.2. The molecular formula is C53H33N3O. The number of hydrogen-bond donors (Lipinski definition) is 0. The lowest BCUT2D eigenvalue weighted by molar-refractivity contribution is 0.669. The van der Waals surface area contributed by atoms with Crippen LogP contribution >= 0.6 is 0 Å². The molecule has 4 nitrogen and oxygen atoms in total. The average molecular weight is 728 g/mol. The minimum Gasteiger partial charge on any atom is -0.454 e. The predicted molar refractivity (Wildman–Crippen MR) is 235 cm³/mol. The van der Waals surface area contributed by atoms with Crippen LogP contribution in [0.1, 0.15) is 0 Å². The summed E-state index contributed by atoms with van der Waals surface area (Å²) in [5.74, 6) is 0.667. The molecule has 4 heteroatoms. The van der Waals surface area contributed by atoms with E-state index in [1.54, 1.807) is 0 Å². The Labute approximate surface area is 329 Å². The second-order valence-electron chi connectivity index (χ2n) is 14.4. The highest BCUT2D eigenvalue weighted by molar-refractivity contribution is 6.14. The molecule has 0 radical (unpaired) electrons. The Kier molecular flexibility index (Phi) is 7.78. The van der Waals surface area contributed by atoms with E-state index in [1.807, 2.05) is 48.7 Å². The summed E-state index contributed by atoms with van der Waals surface area (Å²) in [5, 5.41) is 5.83. The van der Waals surface area contributed by atoms with Gasteiger partial charge in [0.05, 0.1) is 11.4 Å². The number of furan rings is 1. The Hall–Kier alpha value is -7.69. The molecule has 0 spiro atoms. The van der Waals surface area contributed by atoms with E-state index < -0.39 is 0 Å². The number of aromatic nitrogens is 3. The van der Waals surface area contributed by atoms with Crippen LogP contribution in [0.25, 0.3) is 111 Å². The zero-order valence-corrected chi connectivity index (χ0v) is 30.8. The summed E-state index contributed by atoms with van der Waals surface area (Å²) < 4.78 is 6.57. The molecule has 0 aliphatic carbocycles. The second kappa shape index (κ2) is 13.6. The maximum absolute atomic E-state index is 6.57. The van der Waals surface area contributed by atoms with Gasteiger partial charge in [0.15, 0.2) is 11.4 Å². The number of pyridine rings is 1. The van der Waals surface area contributed by atoms with E-state index in [0.717, 1.165) is 83.5 Å². The number of rotatable bonds is 6. The first-order valence-electron chi connectivity index (χ1n) is 19.2. The molecular weight excluding hydrogens is 695 g/mol. The topological polar surface area (TPSA) is 51.8 Å². The standard InChI is InChI=1S/C53H33N3O/c1-3-14-34(15-4-1)36-19-13-20-38(28-36)48-33-49(56-53(55-48)35-16-5-2-6-17-35)41-30-39(43-26-27-54-51-46-24-11-12-25-50(46)57-52(43)51)29-40(31-41)47-32-37-18-7-8-21-42(37)44-22-9-10-23-45(44)47/h1-33H. The summed E-state index contributed by atoms with van der Waals surface area (Å²) in [6.45, 7) is 0. The Morgan fingerprint density at radius 1 is 0.351 bits per heavy atom. The highest BCUT2D eigenvalue weighted by Gasteiger charge is 2.19. The van der Waals surface area contributed by atoms with Gasteiger partial charge in [0, 0.05) is 33.8 Å². The summed E-state index contributed by atoms with van der Waals surface area (Å²) in [7, 11) is 0. The second-order valence-corrected chi connectivity index (χ2v) is 14.4. The minimum absolute atomic E-state index is 0.667. The van der Waals surface area contributed by atoms with E-state index >= 15 is 0 Å². The lowest BCUT2D eigenvalue weighted by Gasteiger charge is -2.15. The summed E-state index contributed by atoms with van der Waals surface area (Å²) in [6.07, 6.45) is 1.88. The van der Waals surface area contributed by atoms with E-state index in [4.69, 9.17) is 19.4 Å². The van der Waals surface area contributed by atoms with Crippen LogP contribution in [-0.4, -0.2) is 15.0 Å². The molecule has 0 atom stereocenters. The Balaban J connectivity index is 1.18. The van der Waals surface area contributed by atoms with Crippen molar-refractivity contribution >= 4 is 43.6 Å². The first-order chi connectivity index (χ1) is 28.2. The van der Waals surface area contributed by atoms with Gasteiger partial charge < -0.3 is 4.42 Å². The molecule has 0 saturated carbocycles. The summed E-state index contributed by atoms with van der Waals surface area (Å²) in [6, 6.07) is 68.0. The van der Waals surface area contributed by atoms with Gasteiger partial charge in [-0.3, -0.25) is 4.98 Å². The van der Waals surface area contributed by atoms with Crippen molar-refractivity contribution in [2.75, 3.05) is 0 Å². The fourth-order valence-electron chi connectivity index (χ4n) is 8.16. The molecule has 8 aromatic carbocycles. The number of nitrogens with zero attached hydrogens (tertiary/aromatic N) is 3. The van der Waals surface area contributed by atoms with Gasteiger partial charge in [0.1, 0.15) is 11.1 Å². The fourth-order valence-corrected chi connectivity index (χ4v) is 8.16. The number of benzene rings is 8. The van der Waals surface area contributed by atoms with Crippen LogP contribution in [0.2, 0.25) is 0 Å². The third-order valence-corrected chi connectivity index (χ3v) is 10.9. The highest BCUT2D eigenvalue weighted by Crippen LogP contribution is 2.42. The van der Waals surface area contributed by atoms with E-state index in [9.17, 15) is 0 Å². The zero-order valence-electron chi connectivity index (χ0n) is 30.8. The summed E-state index contributed by atoms with van der Waals surface area (Å²) >= 11 is 0. The van der Waals surface area contributed by atoms with Crippen molar-refractivity contribution in [3.05, 3.63) is 200 Å². The molecule has 0 aliphatic heterocycles. The monoisotopic (exact) mass is 727 g/mol. The minimum atomic E-state index is 0.667. The van der Waals surface area contributed by atoms with Gasteiger partial charge in [-0.05, 0) is 104 Å². The van der Waals surface area contributed by atoms with Crippen LogP contribution in [0.5, 0.6) is 0 Å². The maximum atomic E-state index is 6.57. The molecule has 0 aliphatic rings. The lowest BCUT2D eigenvalue weighted by Crippen LogP contribution is -1.97. The van der Waals surface area contributed by atoms with Gasteiger partial charge in [-0.2, -0.15) is 0 Å². The maximum Gasteiger partial charge on any atom is 0.161 e. The van der Waals surface area contributed by atoms with Crippen molar-refractivity contribution in [3.63, 3.8) is 0 Å². The van der Waals surface area contributed by atoms with Gasteiger partial charge in [0.2, 0.25) is 0 Å². The van der Waals surface area contributed by atoms with Gasteiger partial charge in [-0.15, -0.1) is 0 Å². The molecule has 0 saturated heterocycles. The van der Waals surface area contributed by atoms with Crippen molar-refractivity contribution < 1.29 is 4.42 Å². The molecule has 266 valence electrons. The van der Waals surface area contributed by atoms with Crippen LogP contribution in [0.4, 0.5) is 0 Å². The molecule has 0 fully saturated rings. The molecule has 0 bridgehead atoms. The Bertz CT molecular complexity index is 3300.